The van der Waals surface area contributed by atoms with Crippen LogP contribution in [0.3, 0.4) is 0 Å². The molecular formula is C40H64O13. The Kier molecular flexibility index (Phi) is 8.46. The van der Waals surface area contributed by atoms with Crippen LogP contribution in [0.1, 0.15) is 99.8 Å². The molecule has 9 rings (SSSR count). The van der Waals surface area contributed by atoms with Gasteiger partial charge in [-0.15, -0.1) is 0 Å². The lowest BCUT2D eigenvalue weighted by Gasteiger charge is -2.63. The zero-order chi connectivity index (χ0) is 38.1. The van der Waals surface area contributed by atoms with Crippen molar-refractivity contribution in [3.05, 3.63) is 0 Å². The first-order valence-electron chi connectivity index (χ1n) is 20.4. The molecule has 5 aliphatic carbocycles. The number of ether oxygens (including phenoxy) is 6. The van der Waals surface area contributed by atoms with Crippen LogP contribution in [0.25, 0.3) is 0 Å². The van der Waals surface area contributed by atoms with E-state index in [9.17, 15) is 35.7 Å². The lowest BCUT2D eigenvalue weighted by molar-refractivity contribution is -0.345. The third-order valence-electron chi connectivity index (χ3n) is 17.6. The lowest BCUT2D eigenvalue weighted by atomic mass is 9.41. The molecule has 4 saturated heterocycles. The van der Waals surface area contributed by atoms with E-state index in [1.807, 2.05) is 0 Å². The van der Waals surface area contributed by atoms with E-state index in [1.54, 1.807) is 13.8 Å². The highest BCUT2D eigenvalue weighted by Crippen LogP contribution is 2.90. The minimum absolute atomic E-state index is 0.0294. The summed E-state index contributed by atoms with van der Waals surface area (Å²) in [5.74, 6) is -0.148. The Morgan fingerprint density at radius 1 is 0.717 bits per heavy atom. The highest BCUT2D eigenvalue weighted by molar-refractivity contribution is 5.34. The highest BCUT2D eigenvalue weighted by atomic mass is 16.8. The molecule has 0 aromatic rings. The molecule has 53 heavy (non-hydrogen) atoms. The minimum atomic E-state index is -1.56. The summed E-state index contributed by atoms with van der Waals surface area (Å²) in [6, 6.07) is 0. The van der Waals surface area contributed by atoms with Gasteiger partial charge in [0.05, 0.1) is 31.0 Å². The Balaban J connectivity index is 0.941. The van der Waals surface area contributed by atoms with E-state index in [1.165, 1.54) is 0 Å². The van der Waals surface area contributed by atoms with Crippen molar-refractivity contribution in [2.45, 2.75) is 185 Å². The summed E-state index contributed by atoms with van der Waals surface area (Å²) >= 11 is 0. The third-order valence-corrected chi connectivity index (χ3v) is 17.6. The zero-order valence-corrected chi connectivity index (χ0v) is 32.4. The number of fused-ring (bicyclic) bond motifs is 4. The Bertz CT molecular complexity index is 1460. The molecule has 2 bridgehead atoms. The average Bonchev–Trinajstić information content (AvgIpc) is 3.60. The number of aliphatic hydroxyl groups excluding tert-OH is 6. The van der Waals surface area contributed by atoms with E-state index in [4.69, 9.17) is 28.4 Å². The molecule has 0 aromatic heterocycles. The molecule has 0 aromatic carbocycles. The molecule has 21 atom stereocenters. The average molecular weight is 753 g/mol. The highest BCUT2D eigenvalue weighted by Gasteiger charge is 2.88. The summed E-state index contributed by atoms with van der Waals surface area (Å²) in [4.78, 5) is 0. The number of rotatable bonds is 5. The monoisotopic (exact) mass is 752 g/mol. The van der Waals surface area contributed by atoms with Gasteiger partial charge in [0.1, 0.15) is 48.8 Å². The van der Waals surface area contributed by atoms with E-state index >= 15 is 0 Å². The third kappa shape index (κ3) is 4.72. The Morgan fingerprint density at radius 3 is 2.06 bits per heavy atom. The van der Waals surface area contributed by atoms with Gasteiger partial charge in [0.2, 0.25) is 0 Å². The van der Waals surface area contributed by atoms with Crippen molar-refractivity contribution in [1.82, 2.24) is 0 Å². The fraction of sp³-hybridized carbons (Fsp3) is 1.00. The van der Waals surface area contributed by atoms with Crippen LogP contribution in [0.4, 0.5) is 0 Å². The summed E-state index contributed by atoms with van der Waals surface area (Å²) in [5.41, 5.74) is -1.77. The Hall–Kier alpha value is -0.520. The fourth-order valence-electron chi connectivity index (χ4n) is 15.2. The summed E-state index contributed by atoms with van der Waals surface area (Å²) in [7, 11) is 0. The van der Waals surface area contributed by atoms with E-state index in [0.717, 1.165) is 51.4 Å². The van der Waals surface area contributed by atoms with Crippen LogP contribution in [0, 0.1) is 50.7 Å². The van der Waals surface area contributed by atoms with Crippen LogP contribution >= 0.6 is 0 Å². The first-order chi connectivity index (χ1) is 24.7. The van der Waals surface area contributed by atoms with Crippen molar-refractivity contribution in [2.24, 2.45) is 50.7 Å². The van der Waals surface area contributed by atoms with Crippen molar-refractivity contribution in [3.8, 4) is 0 Å². The van der Waals surface area contributed by atoms with Crippen molar-refractivity contribution < 1.29 is 64.2 Å². The molecule has 4 aliphatic heterocycles. The van der Waals surface area contributed by atoms with Crippen molar-refractivity contribution in [2.75, 3.05) is 13.2 Å². The van der Waals surface area contributed by atoms with E-state index in [-0.39, 0.29) is 58.9 Å². The normalized spacial score (nSPS) is 61.0. The predicted molar refractivity (Wildman–Crippen MR) is 185 cm³/mol. The standard InChI is InChI=1S/C40H64O13/c1-18-14-21-30(35(4,5)47)53-40(52-21)29(18)36(6)12-13-39-17-38(39)11-10-24(34(2,3)22(38)8-9-23(39)37(36,7)33(40)46)50-32-27(45)28(20(42)16-49-32)51-31-26(44)25(43)19(41)15-48-31/h18-33,41-47H,8-17H2,1-7H3/t18-,19-,20-,21?,22?,23?,24?,25+,26-,27-,28+,29-,30?,31+,32+,33-,36-,37-,38?,39?,40?/m1/s1. The second-order valence-corrected chi connectivity index (χ2v) is 20.6. The van der Waals surface area contributed by atoms with Crippen LogP contribution in [-0.4, -0.2) is 134 Å². The molecule has 3 spiro atoms. The van der Waals surface area contributed by atoms with Crippen LogP contribution in [-0.2, 0) is 28.4 Å². The topological polar surface area (TPSA) is 197 Å². The van der Waals surface area contributed by atoms with Gasteiger partial charge < -0.3 is 64.2 Å². The first-order valence-corrected chi connectivity index (χ1v) is 20.4. The van der Waals surface area contributed by atoms with Gasteiger partial charge in [-0.2, -0.15) is 0 Å². The Labute approximate surface area is 312 Å². The molecule has 5 saturated carbocycles. The van der Waals surface area contributed by atoms with Gasteiger partial charge in [-0.05, 0) is 105 Å². The number of hydrogen-bond acceptors (Lipinski definition) is 13. The molecule has 0 amide bonds. The van der Waals surface area contributed by atoms with Crippen LogP contribution in [0.5, 0.6) is 0 Å². The lowest BCUT2D eigenvalue weighted by Crippen LogP contribution is -2.62. The van der Waals surface area contributed by atoms with E-state index in [2.05, 4.69) is 34.6 Å². The summed E-state index contributed by atoms with van der Waals surface area (Å²) in [6.07, 6.45) is -4.62. The summed E-state index contributed by atoms with van der Waals surface area (Å²) in [5, 5.41) is 76.5. The molecule has 7 N–H and O–H groups in total. The van der Waals surface area contributed by atoms with Gasteiger partial charge in [0, 0.05) is 11.3 Å². The van der Waals surface area contributed by atoms with Crippen LogP contribution in [0.2, 0.25) is 0 Å². The first kappa shape index (κ1) is 38.0. The molecule has 4 heterocycles. The van der Waals surface area contributed by atoms with Gasteiger partial charge >= 0.3 is 0 Å². The molecular weight excluding hydrogens is 688 g/mol. The van der Waals surface area contributed by atoms with Gasteiger partial charge in [0.25, 0.3) is 0 Å². The number of hydrogen-bond donors (Lipinski definition) is 7. The molecule has 302 valence electrons. The van der Waals surface area contributed by atoms with E-state index < -0.39 is 78.2 Å². The summed E-state index contributed by atoms with van der Waals surface area (Å²) in [6.45, 7) is 14.7. The smallest absolute Gasteiger partial charge is 0.199 e. The van der Waals surface area contributed by atoms with Gasteiger partial charge in [-0.3, -0.25) is 0 Å². The van der Waals surface area contributed by atoms with Crippen LogP contribution < -0.4 is 0 Å². The van der Waals surface area contributed by atoms with Crippen LogP contribution in [0.15, 0.2) is 0 Å². The molecule has 8 unspecified atom stereocenters. The predicted octanol–water partition coefficient (Wildman–Crippen LogP) is 1.58. The zero-order valence-electron chi connectivity index (χ0n) is 32.4. The van der Waals surface area contributed by atoms with Gasteiger partial charge in [-0.25, -0.2) is 0 Å². The largest absolute Gasteiger partial charge is 0.388 e. The molecule has 9 fully saturated rings. The SMILES string of the molecule is C[C@@H]1CC2OC3(OC2C(C)(C)O)[C@H]1[C@@]1(C)CCC24CC25CCC(O[C@@H]2OC[C@@H](O)[C@H](O[C@@H]6OC[C@@H](O)[C@H](O)[C@H]6O)[C@H]2O)C(C)(C)C5CCC4[C@]1(C)[C@H]3O. The van der Waals surface area contributed by atoms with Crippen molar-refractivity contribution in [1.29, 1.82) is 0 Å². The minimum Gasteiger partial charge on any atom is -0.388 e. The van der Waals surface area contributed by atoms with Gasteiger partial charge in [0.15, 0.2) is 18.4 Å². The fourth-order valence-corrected chi connectivity index (χ4v) is 15.2. The molecule has 0 radical (unpaired) electrons. The second kappa shape index (κ2) is 11.8. The summed E-state index contributed by atoms with van der Waals surface area (Å²) < 4.78 is 37.4. The van der Waals surface area contributed by atoms with E-state index in [0.29, 0.717) is 11.8 Å². The van der Waals surface area contributed by atoms with Gasteiger partial charge in [-0.1, -0.05) is 34.6 Å². The molecule has 13 heteroatoms. The quantitative estimate of drug-likeness (QED) is 0.200. The Morgan fingerprint density at radius 2 is 1.36 bits per heavy atom. The maximum absolute atomic E-state index is 12.8. The number of aliphatic hydroxyl groups is 7. The van der Waals surface area contributed by atoms with Crippen molar-refractivity contribution in [3.63, 3.8) is 0 Å². The molecule has 9 aliphatic rings. The maximum Gasteiger partial charge on any atom is 0.199 e. The maximum atomic E-state index is 12.8. The molecule has 13 nitrogen and oxygen atoms in total. The van der Waals surface area contributed by atoms with Crippen molar-refractivity contribution >= 4 is 0 Å². The second-order valence-electron chi connectivity index (χ2n) is 20.6.